The van der Waals surface area contributed by atoms with Gasteiger partial charge < -0.3 is 4.74 Å². The van der Waals surface area contributed by atoms with E-state index in [4.69, 9.17) is 4.74 Å². The molecule has 0 N–H and O–H groups in total. The molecular formula is C13H11BrN2O2. The van der Waals surface area contributed by atoms with E-state index in [1.807, 2.05) is 6.92 Å². The number of rotatable bonds is 2. The van der Waals surface area contributed by atoms with Crippen molar-refractivity contribution in [3.05, 3.63) is 46.5 Å². The second kappa shape index (κ2) is 5.27. The lowest BCUT2D eigenvalue weighted by atomic mass is 10.0. The first kappa shape index (κ1) is 12.7. The summed E-state index contributed by atoms with van der Waals surface area (Å²) in [7, 11) is 1.36. The van der Waals surface area contributed by atoms with Crippen molar-refractivity contribution in [1.82, 2.24) is 9.97 Å². The molecule has 4 nitrogen and oxygen atoms in total. The van der Waals surface area contributed by atoms with Crippen LogP contribution in [0.5, 0.6) is 0 Å². The van der Waals surface area contributed by atoms with Crippen LogP contribution in [0.4, 0.5) is 0 Å². The number of hydrogen-bond donors (Lipinski definition) is 0. The fraction of sp³-hybridized carbons (Fsp3) is 0.154. The second-order valence-corrected chi connectivity index (χ2v) is 4.60. The lowest BCUT2D eigenvalue weighted by Gasteiger charge is -2.10. The summed E-state index contributed by atoms with van der Waals surface area (Å²) in [5, 5.41) is 0. The molecule has 0 fully saturated rings. The number of halogens is 1. The zero-order valence-corrected chi connectivity index (χ0v) is 11.6. The quantitative estimate of drug-likeness (QED) is 0.800. The summed E-state index contributed by atoms with van der Waals surface area (Å²) in [5.41, 5.74) is 3.29. The first-order valence-corrected chi connectivity index (χ1v) is 6.06. The Balaban J connectivity index is 2.60. The Labute approximate surface area is 113 Å². The standard InChI is InChI=1S/C13H11BrN2O2/c1-8-11(10-5-15-7-16-6-10)3-9(4-12(8)14)13(17)18-2/h3-7H,1-2H3. The van der Waals surface area contributed by atoms with Gasteiger partial charge in [-0.05, 0) is 30.2 Å². The molecule has 18 heavy (non-hydrogen) atoms. The summed E-state index contributed by atoms with van der Waals surface area (Å²) >= 11 is 3.44. The highest BCUT2D eigenvalue weighted by molar-refractivity contribution is 9.10. The van der Waals surface area contributed by atoms with Gasteiger partial charge in [-0.3, -0.25) is 0 Å². The van der Waals surface area contributed by atoms with Crippen LogP contribution in [0, 0.1) is 6.92 Å². The van der Waals surface area contributed by atoms with Crippen LogP contribution in [-0.2, 0) is 4.74 Å². The number of hydrogen-bond acceptors (Lipinski definition) is 4. The van der Waals surface area contributed by atoms with Crippen molar-refractivity contribution >= 4 is 21.9 Å². The SMILES string of the molecule is COC(=O)c1cc(Br)c(C)c(-c2cncnc2)c1. The van der Waals surface area contributed by atoms with Gasteiger partial charge in [-0.25, -0.2) is 14.8 Å². The van der Waals surface area contributed by atoms with Crippen LogP contribution in [0.2, 0.25) is 0 Å². The molecule has 2 rings (SSSR count). The first-order chi connectivity index (χ1) is 8.63. The fourth-order valence-electron chi connectivity index (χ4n) is 1.65. The van der Waals surface area contributed by atoms with E-state index in [9.17, 15) is 4.79 Å². The predicted octanol–water partition coefficient (Wildman–Crippen LogP) is 3.00. The van der Waals surface area contributed by atoms with Gasteiger partial charge in [0.2, 0.25) is 0 Å². The number of methoxy groups -OCH3 is 1. The highest BCUT2D eigenvalue weighted by atomic mass is 79.9. The Morgan fingerprint density at radius 2 is 1.94 bits per heavy atom. The second-order valence-electron chi connectivity index (χ2n) is 3.75. The number of esters is 1. The van der Waals surface area contributed by atoms with Crippen LogP contribution < -0.4 is 0 Å². The van der Waals surface area contributed by atoms with E-state index in [0.717, 1.165) is 21.2 Å². The summed E-state index contributed by atoms with van der Waals surface area (Å²) in [6.07, 6.45) is 4.89. The van der Waals surface area contributed by atoms with Crippen LogP contribution in [0.1, 0.15) is 15.9 Å². The minimum Gasteiger partial charge on any atom is -0.465 e. The van der Waals surface area contributed by atoms with Gasteiger partial charge in [0.25, 0.3) is 0 Å². The van der Waals surface area contributed by atoms with Crippen molar-refractivity contribution in [2.24, 2.45) is 0 Å². The topological polar surface area (TPSA) is 52.1 Å². The van der Waals surface area contributed by atoms with E-state index in [-0.39, 0.29) is 5.97 Å². The number of aromatic nitrogens is 2. The Kier molecular flexibility index (Phi) is 3.72. The molecule has 92 valence electrons. The summed E-state index contributed by atoms with van der Waals surface area (Å²) in [4.78, 5) is 19.6. The molecule has 0 saturated carbocycles. The molecule has 0 unspecified atom stereocenters. The monoisotopic (exact) mass is 306 g/mol. The number of benzene rings is 1. The molecule has 0 aliphatic heterocycles. The summed E-state index contributed by atoms with van der Waals surface area (Å²) < 4.78 is 5.58. The largest absolute Gasteiger partial charge is 0.465 e. The smallest absolute Gasteiger partial charge is 0.337 e. The number of carbonyl (C=O) groups excluding carboxylic acids is 1. The highest BCUT2D eigenvalue weighted by Gasteiger charge is 2.13. The molecule has 0 bridgehead atoms. The number of nitrogens with zero attached hydrogens (tertiary/aromatic N) is 2. The number of carbonyl (C=O) groups is 1. The molecule has 0 aliphatic rings. The van der Waals surface area contributed by atoms with E-state index in [1.54, 1.807) is 24.5 Å². The lowest BCUT2D eigenvalue weighted by Crippen LogP contribution is -2.02. The molecule has 0 atom stereocenters. The van der Waals surface area contributed by atoms with Crippen LogP contribution in [0.25, 0.3) is 11.1 Å². The Hall–Kier alpha value is -1.75. The van der Waals surface area contributed by atoms with Crippen molar-refractivity contribution in [2.75, 3.05) is 7.11 Å². The van der Waals surface area contributed by atoms with Crippen molar-refractivity contribution < 1.29 is 9.53 Å². The van der Waals surface area contributed by atoms with Gasteiger partial charge in [-0.1, -0.05) is 15.9 Å². The minimum absolute atomic E-state index is 0.367. The minimum atomic E-state index is -0.367. The van der Waals surface area contributed by atoms with E-state index in [1.165, 1.54) is 13.4 Å². The van der Waals surface area contributed by atoms with Gasteiger partial charge in [-0.15, -0.1) is 0 Å². The van der Waals surface area contributed by atoms with Gasteiger partial charge in [0, 0.05) is 22.4 Å². The van der Waals surface area contributed by atoms with Crippen LogP contribution >= 0.6 is 15.9 Å². The molecule has 0 saturated heterocycles. The van der Waals surface area contributed by atoms with Gasteiger partial charge >= 0.3 is 5.97 Å². The maximum absolute atomic E-state index is 11.6. The van der Waals surface area contributed by atoms with E-state index in [2.05, 4.69) is 25.9 Å². The van der Waals surface area contributed by atoms with E-state index < -0.39 is 0 Å². The average Bonchev–Trinajstić information content (AvgIpc) is 2.41. The third kappa shape index (κ3) is 2.41. The third-order valence-corrected chi connectivity index (χ3v) is 3.46. The zero-order valence-electron chi connectivity index (χ0n) is 9.98. The Morgan fingerprint density at radius 3 is 2.56 bits per heavy atom. The molecule has 1 heterocycles. The molecular weight excluding hydrogens is 296 g/mol. The fourth-order valence-corrected chi connectivity index (χ4v) is 2.11. The van der Waals surface area contributed by atoms with Crippen LogP contribution in [-0.4, -0.2) is 23.0 Å². The molecule has 0 amide bonds. The van der Waals surface area contributed by atoms with Gasteiger partial charge in [-0.2, -0.15) is 0 Å². The van der Waals surface area contributed by atoms with E-state index in [0.29, 0.717) is 5.56 Å². The Morgan fingerprint density at radius 1 is 1.28 bits per heavy atom. The molecule has 1 aromatic heterocycles. The maximum Gasteiger partial charge on any atom is 0.337 e. The lowest BCUT2D eigenvalue weighted by molar-refractivity contribution is 0.0600. The maximum atomic E-state index is 11.6. The first-order valence-electron chi connectivity index (χ1n) is 5.27. The summed E-state index contributed by atoms with van der Waals surface area (Å²) in [6, 6.07) is 3.53. The van der Waals surface area contributed by atoms with Crippen LogP contribution in [0.15, 0.2) is 35.3 Å². The van der Waals surface area contributed by atoms with Gasteiger partial charge in [0.15, 0.2) is 0 Å². The van der Waals surface area contributed by atoms with Crippen molar-refractivity contribution in [3.63, 3.8) is 0 Å². The Bertz CT molecular complexity index is 585. The molecule has 5 heteroatoms. The van der Waals surface area contributed by atoms with Crippen molar-refractivity contribution in [2.45, 2.75) is 6.92 Å². The number of ether oxygens (including phenoxy) is 1. The zero-order chi connectivity index (χ0) is 13.1. The molecule has 0 aliphatic carbocycles. The van der Waals surface area contributed by atoms with Crippen molar-refractivity contribution in [3.8, 4) is 11.1 Å². The van der Waals surface area contributed by atoms with E-state index >= 15 is 0 Å². The molecule has 0 radical (unpaired) electrons. The van der Waals surface area contributed by atoms with Gasteiger partial charge in [0.05, 0.1) is 12.7 Å². The summed E-state index contributed by atoms with van der Waals surface area (Å²) in [6.45, 7) is 1.97. The normalized spacial score (nSPS) is 10.2. The molecule has 2 aromatic rings. The third-order valence-electron chi connectivity index (χ3n) is 2.64. The molecule has 1 aromatic carbocycles. The van der Waals surface area contributed by atoms with Crippen molar-refractivity contribution in [1.29, 1.82) is 0 Å². The molecule has 0 spiro atoms. The average molecular weight is 307 g/mol. The predicted molar refractivity (Wildman–Crippen MR) is 71.2 cm³/mol. The highest BCUT2D eigenvalue weighted by Crippen LogP contribution is 2.29. The van der Waals surface area contributed by atoms with Crippen LogP contribution in [0.3, 0.4) is 0 Å². The van der Waals surface area contributed by atoms with Gasteiger partial charge in [0.1, 0.15) is 6.33 Å². The summed E-state index contributed by atoms with van der Waals surface area (Å²) in [5.74, 6) is -0.367.